The van der Waals surface area contributed by atoms with Crippen molar-refractivity contribution >= 4 is 0 Å². The van der Waals surface area contributed by atoms with Gasteiger partial charge in [0, 0.05) is 12.6 Å². The van der Waals surface area contributed by atoms with Crippen LogP contribution in [0.4, 0.5) is 0 Å². The smallest absolute Gasteiger partial charge is 0.0599 e. The van der Waals surface area contributed by atoms with Gasteiger partial charge in [-0.1, -0.05) is 12.8 Å². The minimum absolute atomic E-state index is 0.197. The summed E-state index contributed by atoms with van der Waals surface area (Å²) in [6, 6.07) is 0.197. The van der Waals surface area contributed by atoms with Crippen LogP contribution in [0, 0.1) is 0 Å². The van der Waals surface area contributed by atoms with Crippen LogP contribution < -0.4 is 5.73 Å². The van der Waals surface area contributed by atoms with Gasteiger partial charge in [0.15, 0.2) is 0 Å². The van der Waals surface area contributed by atoms with Gasteiger partial charge in [-0.25, -0.2) is 0 Å². The molecule has 1 saturated heterocycles. The highest BCUT2D eigenvalue weighted by Gasteiger charge is 2.16. The Morgan fingerprint density at radius 2 is 1.75 bits per heavy atom. The van der Waals surface area contributed by atoms with Crippen molar-refractivity contribution in [2.45, 2.75) is 31.7 Å². The summed E-state index contributed by atoms with van der Waals surface area (Å²) in [6.45, 7) is 3.01. The lowest BCUT2D eigenvalue weighted by atomic mass is 10.2. The second kappa shape index (κ2) is 5.51. The van der Waals surface area contributed by atoms with E-state index in [1.807, 2.05) is 0 Å². The quantitative estimate of drug-likeness (QED) is 0.638. The fourth-order valence-electron chi connectivity index (χ4n) is 1.80. The minimum Gasteiger partial charge on any atom is -0.395 e. The van der Waals surface area contributed by atoms with E-state index in [1.54, 1.807) is 0 Å². The Morgan fingerprint density at radius 3 is 2.17 bits per heavy atom. The van der Waals surface area contributed by atoms with Crippen LogP contribution in [-0.2, 0) is 0 Å². The van der Waals surface area contributed by atoms with Gasteiger partial charge in [0.1, 0.15) is 0 Å². The van der Waals surface area contributed by atoms with E-state index < -0.39 is 0 Å². The third-order valence-corrected chi connectivity index (χ3v) is 2.64. The first-order valence-corrected chi connectivity index (χ1v) is 4.93. The maximum atomic E-state index is 9.05. The lowest BCUT2D eigenvalue weighted by Crippen LogP contribution is -2.43. The number of hydrogen-bond donors (Lipinski definition) is 2. The van der Waals surface area contributed by atoms with Crippen molar-refractivity contribution < 1.29 is 5.11 Å². The fourth-order valence-corrected chi connectivity index (χ4v) is 1.80. The van der Waals surface area contributed by atoms with E-state index in [-0.39, 0.29) is 12.6 Å². The van der Waals surface area contributed by atoms with Crippen molar-refractivity contribution in [3.05, 3.63) is 0 Å². The van der Waals surface area contributed by atoms with Crippen molar-refractivity contribution in [3.63, 3.8) is 0 Å². The summed E-state index contributed by atoms with van der Waals surface area (Å²) in [7, 11) is 0. The molecule has 0 aromatic rings. The minimum atomic E-state index is 0.197. The third-order valence-electron chi connectivity index (χ3n) is 2.64. The van der Waals surface area contributed by atoms with E-state index in [2.05, 4.69) is 4.90 Å². The highest BCUT2D eigenvalue weighted by Crippen LogP contribution is 2.11. The Hall–Kier alpha value is -0.120. The zero-order valence-corrected chi connectivity index (χ0v) is 7.71. The van der Waals surface area contributed by atoms with Crippen LogP contribution in [0.25, 0.3) is 0 Å². The topological polar surface area (TPSA) is 49.5 Å². The molecule has 3 heteroatoms. The second-order valence-corrected chi connectivity index (χ2v) is 3.52. The normalized spacial score (nSPS) is 23.5. The molecular weight excluding hydrogens is 152 g/mol. The van der Waals surface area contributed by atoms with Crippen LogP contribution in [0.1, 0.15) is 25.7 Å². The molecule has 1 aliphatic rings. The summed E-state index contributed by atoms with van der Waals surface area (Å²) in [5.74, 6) is 0. The van der Waals surface area contributed by atoms with Crippen LogP contribution in [0.15, 0.2) is 0 Å². The van der Waals surface area contributed by atoms with Crippen molar-refractivity contribution in [2.24, 2.45) is 5.73 Å². The van der Waals surface area contributed by atoms with Crippen molar-refractivity contribution in [1.29, 1.82) is 0 Å². The third kappa shape index (κ3) is 2.73. The number of nitrogens with two attached hydrogens (primary N) is 1. The average molecular weight is 172 g/mol. The van der Waals surface area contributed by atoms with Crippen molar-refractivity contribution in [3.8, 4) is 0 Å². The summed E-state index contributed by atoms with van der Waals surface area (Å²) in [4.78, 5) is 2.33. The number of aliphatic hydroxyl groups excluding tert-OH is 1. The Bertz CT molecular complexity index is 107. The number of likely N-dealkylation sites (tertiary alicyclic amines) is 1. The van der Waals surface area contributed by atoms with Gasteiger partial charge in [0.05, 0.1) is 6.61 Å². The molecule has 0 radical (unpaired) electrons. The summed E-state index contributed by atoms with van der Waals surface area (Å²) in [6.07, 6.45) is 5.19. The summed E-state index contributed by atoms with van der Waals surface area (Å²) >= 11 is 0. The molecule has 0 bridgehead atoms. The van der Waals surface area contributed by atoms with Gasteiger partial charge in [-0.2, -0.15) is 0 Å². The number of rotatable bonds is 3. The molecule has 1 heterocycles. The first kappa shape index (κ1) is 9.96. The van der Waals surface area contributed by atoms with Crippen LogP contribution in [0.3, 0.4) is 0 Å². The van der Waals surface area contributed by atoms with Crippen molar-refractivity contribution in [2.75, 3.05) is 26.2 Å². The van der Waals surface area contributed by atoms with E-state index in [1.165, 1.54) is 25.7 Å². The molecule has 3 N–H and O–H groups in total. The zero-order valence-electron chi connectivity index (χ0n) is 7.71. The summed E-state index contributed by atoms with van der Waals surface area (Å²) in [5, 5.41) is 9.05. The number of nitrogens with zero attached hydrogens (tertiary/aromatic N) is 1. The van der Waals surface area contributed by atoms with Crippen LogP contribution >= 0.6 is 0 Å². The monoisotopic (exact) mass is 172 g/mol. The standard InChI is InChI=1S/C9H20N2O/c10-7-9(8-12)11-5-3-1-2-4-6-11/h9,12H,1-8,10H2. The first-order valence-electron chi connectivity index (χ1n) is 4.93. The molecule has 1 aliphatic heterocycles. The number of aliphatic hydroxyl groups is 1. The molecule has 1 rings (SSSR count). The second-order valence-electron chi connectivity index (χ2n) is 3.52. The van der Waals surface area contributed by atoms with Gasteiger partial charge in [0.2, 0.25) is 0 Å². The maximum Gasteiger partial charge on any atom is 0.0599 e. The van der Waals surface area contributed by atoms with E-state index >= 15 is 0 Å². The molecular formula is C9H20N2O. The lowest BCUT2D eigenvalue weighted by molar-refractivity contribution is 0.131. The van der Waals surface area contributed by atoms with Crippen LogP contribution in [-0.4, -0.2) is 42.3 Å². The predicted octanol–water partition coefficient (Wildman–Crippen LogP) is 0.182. The van der Waals surface area contributed by atoms with Gasteiger partial charge in [-0.3, -0.25) is 4.90 Å². The van der Waals surface area contributed by atoms with Gasteiger partial charge in [-0.05, 0) is 25.9 Å². The molecule has 3 nitrogen and oxygen atoms in total. The molecule has 0 aliphatic carbocycles. The molecule has 1 atom stereocenters. The van der Waals surface area contributed by atoms with E-state index in [4.69, 9.17) is 10.8 Å². The highest BCUT2D eigenvalue weighted by atomic mass is 16.3. The van der Waals surface area contributed by atoms with Crippen molar-refractivity contribution in [1.82, 2.24) is 4.90 Å². The molecule has 1 fully saturated rings. The van der Waals surface area contributed by atoms with E-state index in [0.29, 0.717) is 6.54 Å². The van der Waals surface area contributed by atoms with Crippen LogP contribution in [0.5, 0.6) is 0 Å². The molecule has 0 spiro atoms. The van der Waals surface area contributed by atoms with Crippen LogP contribution in [0.2, 0.25) is 0 Å². The van der Waals surface area contributed by atoms with Gasteiger partial charge in [-0.15, -0.1) is 0 Å². The predicted molar refractivity (Wildman–Crippen MR) is 50.0 cm³/mol. The molecule has 0 aromatic carbocycles. The van der Waals surface area contributed by atoms with E-state index in [0.717, 1.165) is 13.1 Å². The Labute approximate surface area is 74.5 Å². The molecule has 12 heavy (non-hydrogen) atoms. The molecule has 1 unspecified atom stereocenters. The molecule has 0 saturated carbocycles. The number of hydrogen-bond acceptors (Lipinski definition) is 3. The lowest BCUT2D eigenvalue weighted by Gasteiger charge is -2.27. The Balaban J connectivity index is 2.35. The van der Waals surface area contributed by atoms with Gasteiger partial charge >= 0.3 is 0 Å². The first-order chi connectivity index (χ1) is 5.88. The Morgan fingerprint density at radius 1 is 1.17 bits per heavy atom. The SMILES string of the molecule is NCC(CO)N1CCCCCC1. The zero-order chi connectivity index (χ0) is 8.81. The van der Waals surface area contributed by atoms with E-state index in [9.17, 15) is 0 Å². The summed E-state index contributed by atoms with van der Waals surface area (Å²) < 4.78 is 0. The Kier molecular flexibility index (Phi) is 4.58. The average Bonchev–Trinajstić information content (AvgIpc) is 2.35. The summed E-state index contributed by atoms with van der Waals surface area (Å²) in [5.41, 5.74) is 5.56. The molecule has 72 valence electrons. The van der Waals surface area contributed by atoms with Gasteiger partial charge < -0.3 is 10.8 Å². The molecule has 0 aromatic heterocycles. The highest BCUT2D eigenvalue weighted by molar-refractivity contribution is 4.73. The molecule has 0 amide bonds. The fraction of sp³-hybridized carbons (Fsp3) is 1.00. The van der Waals surface area contributed by atoms with Gasteiger partial charge in [0.25, 0.3) is 0 Å². The maximum absolute atomic E-state index is 9.05. The largest absolute Gasteiger partial charge is 0.395 e.